The second kappa shape index (κ2) is 5.99. The van der Waals surface area contributed by atoms with Gasteiger partial charge in [-0.1, -0.05) is 6.92 Å². The van der Waals surface area contributed by atoms with E-state index < -0.39 is 0 Å². The molecule has 16 heavy (non-hydrogen) atoms. The van der Waals surface area contributed by atoms with E-state index in [1.54, 1.807) is 0 Å². The zero-order valence-corrected chi connectivity index (χ0v) is 10.5. The van der Waals surface area contributed by atoms with E-state index in [4.69, 9.17) is 5.11 Å². The maximum atomic E-state index is 9.08. The minimum Gasteiger partial charge on any atom is -0.396 e. The number of nitrogens with one attached hydrogen (secondary N) is 1. The SMILES string of the molecule is CCCNC(CCO)CN1CC2CCC1C2. The van der Waals surface area contributed by atoms with E-state index in [0.29, 0.717) is 12.6 Å². The molecular formula is C13H26N2O. The molecule has 0 aromatic carbocycles. The molecule has 1 heterocycles. The first-order valence-electron chi connectivity index (χ1n) is 6.91. The normalized spacial score (nSPS) is 31.1. The lowest BCUT2D eigenvalue weighted by molar-refractivity contribution is 0.174. The van der Waals surface area contributed by atoms with Crippen LogP contribution in [0, 0.1) is 5.92 Å². The number of hydrogen-bond acceptors (Lipinski definition) is 3. The molecule has 2 fully saturated rings. The van der Waals surface area contributed by atoms with Gasteiger partial charge in [0.25, 0.3) is 0 Å². The molecule has 0 aromatic rings. The molecule has 2 aliphatic rings. The summed E-state index contributed by atoms with van der Waals surface area (Å²) < 4.78 is 0. The quantitative estimate of drug-likeness (QED) is 0.685. The first-order chi connectivity index (χ1) is 7.83. The maximum absolute atomic E-state index is 9.08. The van der Waals surface area contributed by atoms with E-state index in [2.05, 4.69) is 17.1 Å². The van der Waals surface area contributed by atoms with E-state index in [0.717, 1.165) is 31.5 Å². The molecular weight excluding hydrogens is 200 g/mol. The van der Waals surface area contributed by atoms with Gasteiger partial charge in [-0.3, -0.25) is 4.90 Å². The van der Waals surface area contributed by atoms with Crippen LogP contribution in [-0.2, 0) is 0 Å². The number of piperidine rings is 1. The van der Waals surface area contributed by atoms with Crippen LogP contribution in [0.4, 0.5) is 0 Å². The van der Waals surface area contributed by atoms with Gasteiger partial charge in [-0.15, -0.1) is 0 Å². The molecule has 3 heteroatoms. The van der Waals surface area contributed by atoms with Crippen LogP contribution in [0.25, 0.3) is 0 Å². The topological polar surface area (TPSA) is 35.5 Å². The summed E-state index contributed by atoms with van der Waals surface area (Å²) in [6.07, 6.45) is 6.36. The van der Waals surface area contributed by atoms with Gasteiger partial charge in [0.15, 0.2) is 0 Å². The Bertz CT molecular complexity index is 210. The highest BCUT2D eigenvalue weighted by Crippen LogP contribution is 2.37. The van der Waals surface area contributed by atoms with Crippen molar-refractivity contribution in [1.29, 1.82) is 0 Å². The van der Waals surface area contributed by atoms with Crippen molar-refractivity contribution in [2.75, 3.05) is 26.2 Å². The second-order valence-electron chi connectivity index (χ2n) is 5.45. The van der Waals surface area contributed by atoms with Crippen molar-refractivity contribution in [2.24, 2.45) is 5.92 Å². The van der Waals surface area contributed by atoms with E-state index >= 15 is 0 Å². The standard InChI is InChI=1S/C13H26N2O/c1-2-6-14-12(5-7-16)10-15-9-11-3-4-13(15)8-11/h11-14,16H,2-10H2,1H3. The van der Waals surface area contributed by atoms with Gasteiger partial charge in [-0.25, -0.2) is 0 Å². The van der Waals surface area contributed by atoms with Crippen LogP contribution in [0.5, 0.6) is 0 Å². The number of aliphatic hydroxyl groups excluding tert-OH is 1. The van der Waals surface area contributed by atoms with Gasteiger partial charge < -0.3 is 10.4 Å². The third-order valence-corrected chi connectivity index (χ3v) is 4.14. The summed E-state index contributed by atoms with van der Waals surface area (Å²) in [5.41, 5.74) is 0. The third-order valence-electron chi connectivity index (χ3n) is 4.14. The van der Waals surface area contributed by atoms with E-state index in [9.17, 15) is 0 Å². The Morgan fingerprint density at radius 1 is 1.44 bits per heavy atom. The van der Waals surface area contributed by atoms with Crippen LogP contribution in [0.3, 0.4) is 0 Å². The summed E-state index contributed by atoms with van der Waals surface area (Å²) in [6.45, 7) is 6.03. The van der Waals surface area contributed by atoms with Crippen molar-refractivity contribution in [3.05, 3.63) is 0 Å². The molecule has 3 unspecified atom stereocenters. The molecule has 1 aliphatic carbocycles. The minimum atomic E-state index is 0.309. The Morgan fingerprint density at radius 3 is 2.88 bits per heavy atom. The summed E-state index contributed by atoms with van der Waals surface area (Å²) in [6, 6.07) is 1.35. The molecule has 3 nitrogen and oxygen atoms in total. The van der Waals surface area contributed by atoms with Crippen LogP contribution < -0.4 is 5.32 Å². The average Bonchev–Trinajstić information content (AvgIpc) is 2.88. The largest absolute Gasteiger partial charge is 0.396 e. The van der Waals surface area contributed by atoms with Crippen LogP contribution in [0.2, 0.25) is 0 Å². The van der Waals surface area contributed by atoms with Crippen molar-refractivity contribution in [2.45, 2.75) is 51.1 Å². The van der Waals surface area contributed by atoms with Gasteiger partial charge in [0.1, 0.15) is 0 Å². The summed E-state index contributed by atoms with van der Waals surface area (Å²) in [5, 5.41) is 12.6. The number of aliphatic hydroxyl groups is 1. The van der Waals surface area contributed by atoms with Crippen LogP contribution in [-0.4, -0.2) is 48.3 Å². The number of rotatable bonds is 7. The summed E-state index contributed by atoms with van der Waals surface area (Å²) in [7, 11) is 0. The van der Waals surface area contributed by atoms with Gasteiger partial charge >= 0.3 is 0 Å². The molecule has 0 radical (unpaired) electrons. The molecule has 0 aromatic heterocycles. The second-order valence-corrected chi connectivity index (χ2v) is 5.45. The van der Waals surface area contributed by atoms with Gasteiger partial charge in [-0.2, -0.15) is 0 Å². The van der Waals surface area contributed by atoms with Crippen molar-refractivity contribution >= 4 is 0 Å². The Kier molecular flexibility index (Phi) is 4.62. The molecule has 0 amide bonds. The fraction of sp³-hybridized carbons (Fsp3) is 1.00. The fourth-order valence-corrected chi connectivity index (χ4v) is 3.30. The van der Waals surface area contributed by atoms with Crippen molar-refractivity contribution in [3.8, 4) is 0 Å². The Morgan fingerprint density at radius 2 is 2.31 bits per heavy atom. The highest BCUT2D eigenvalue weighted by atomic mass is 16.3. The highest BCUT2D eigenvalue weighted by molar-refractivity contribution is 4.93. The molecule has 1 saturated heterocycles. The molecule has 2 N–H and O–H groups in total. The summed E-state index contributed by atoms with van der Waals surface area (Å²) >= 11 is 0. The first-order valence-corrected chi connectivity index (χ1v) is 6.91. The van der Waals surface area contributed by atoms with Crippen LogP contribution in [0.15, 0.2) is 0 Å². The molecule has 2 bridgehead atoms. The Balaban J connectivity index is 1.76. The van der Waals surface area contributed by atoms with Crippen LogP contribution >= 0.6 is 0 Å². The van der Waals surface area contributed by atoms with Crippen molar-refractivity contribution in [1.82, 2.24) is 10.2 Å². The summed E-state index contributed by atoms with van der Waals surface area (Å²) in [4.78, 5) is 2.65. The number of hydrogen-bond donors (Lipinski definition) is 2. The van der Waals surface area contributed by atoms with E-state index in [1.807, 2.05) is 0 Å². The third kappa shape index (κ3) is 2.96. The lowest BCUT2D eigenvalue weighted by atomic mass is 10.1. The zero-order chi connectivity index (χ0) is 11.4. The number of likely N-dealkylation sites (tertiary alicyclic amines) is 1. The van der Waals surface area contributed by atoms with Crippen molar-refractivity contribution < 1.29 is 5.11 Å². The molecule has 1 saturated carbocycles. The van der Waals surface area contributed by atoms with Crippen LogP contribution in [0.1, 0.15) is 39.0 Å². The molecule has 0 spiro atoms. The van der Waals surface area contributed by atoms with Gasteiger partial charge in [0.2, 0.25) is 0 Å². The predicted octanol–water partition coefficient (Wildman–Crippen LogP) is 1.22. The lowest BCUT2D eigenvalue weighted by Crippen LogP contribution is -2.44. The molecule has 3 atom stereocenters. The average molecular weight is 226 g/mol. The smallest absolute Gasteiger partial charge is 0.0446 e. The number of nitrogens with zero attached hydrogens (tertiary/aromatic N) is 1. The van der Waals surface area contributed by atoms with Gasteiger partial charge in [0.05, 0.1) is 0 Å². The molecule has 1 aliphatic heterocycles. The van der Waals surface area contributed by atoms with Crippen molar-refractivity contribution in [3.63, 3.8) is 0 Å². The number of fused-ring (bicyclic) bond motifs is 2. The lowest BCUT2D eigenvalue weighted by Gasteiger charge is -2.31. The van der Waals surface area contributed by atoms with E-state index in [1.165, 1.54) is 32.2 Å². The highest BCUT2D eigenvalue weighted by Gasteiger charge is 2.38. The summed E-state index contributed by atoms with van der Waals surface area (Å²) in [5.74, 6) is 0.978. The Hall–Kier alpha value is -0.120. The molecule has 94 valence electrons. The monoisotopic (exact) mass is 226 g/mol. The first kappa shape index (κ1) is 12.3. The fourth-order valence-electron chi connectivity index (χ4n) is 3.30. The van der Waals surface area contributed by atoms with E-state index in [-0.39, 0.29) is 0 Å². The maximum Gasteiger partial charge on any atom is 0.0446 e. The van der Waals surface area contributed by atoms with Gasteiger partial charge in [-0.05, 0) is 44.6 Å². The zero-order valence-electron chi connectivity index (χ0n) is 10.5. The Labute approximate surface area is 99.2 Å². The van der Waals surface area contributed by atoms with Gasteiger partial charge in [0, 0.05) is 31.8 Å². The molecule has 2 rings (SSSR count). The minimum absolute atomic E-state index is 0.309. The predicted molar refractivity (Wildman–Crippen MR) is 66.5 cm³/mol.